The van der Waals surface area contributed by atoms with Gasteiger partial charge in [-0.05, 0) is 69.6 Å². The Kier molecular flexibility index (Phi) is 4.76. The fourth-order valence-corrected chi connectivity index (χ4v) is 3.99. The van der Waals surface area contributed by atoms with E-state index in [9.17, 15) is 4.79 Å². The average molecular weight is 422 g/mol. The average Bonchev–Trinajstić information content (AvgIpc) is 3.41. The van der Waals surface area contributed by atoms with Crippen molar-refractivity contribution in [2.75, 3.05) is 16.4 Å². The number of anilines is 2. The van der Waals surface area contributed by atoms with E-state index in [-0.39, 0.29) is 11.4 Å². The number of nitrogens with two attached hydrogens (primary N) is 1. The van der Waals surface area contributed by atoms with Crippen LogP contribution in [-0.2, 0) is 4.79 Å². The van der Waals surface area contributed by atoms with Crippen LogP contribution < -0.4 is 20.3 Å². The smallest absolute Gasteiger partial charge is 0.259 e. The number of carbonyl (C=O) groups excluding carboxylic acids is 1. The Morgan fingerprint density at radius 2 is 1.97 bits per heavy atom. The second kappa shape index (κ2) is 7.04. The molecule has 0 radical (unpaired) electrons. The summed E-state index contributed by atoms with van der Waals surface area (Å²) < 4.78 is 5.69. The molecule has 1 aromatic carbocycles. The van der Waals surface area contributed by atoms with E-state index in [0.29, 0.717) is 34.7 Å². The molecule has 0 spiro atoms. The monoisotopic (exact) mass is 421 g/mol. The van der Waals surface area contributed by atoms with Gasteiger partial charge in [0.2, 0.25) is 5.88 Å². The number of amides is 1. The Balaban J connectivity index is 1.60. The van der Waals surface area contributed by atoms with E-state index in [4.69, 9.17) is 29.3 Å². The van der Waals surface area contributed by atoms with Crippen LogP contribution in [0.1, 0.15) is 32.3 Å². The molecule has 1 saturated heterocycles. The highest BCUT2D eigenvalue weighted by Crippen LogP contribution is 2.38. The van der Waals surface area contributed by atoms with Crippen molar-refractivity contribution in [3.63, 3.8) is 0 Å². The van der Waals surface area contributed by atoms with Gasteiger partial charge in [0.1, 0.15) is 12.1 Å². The van der Waals surface area contributed by atoms with E-state index in [2.05, 4.69) is 9.83 Å². The summed E-state index contributed by atoms with van der Waals surface area (Å²) in [5.74, 6) is 0.355. The lowest BCUT2D eigenvalue weighted by molar-refractivity contribution is -0.120. The summed E-state index contributed by atoms with van der Waals surface area (Å²) in [5.41, 5.74) is 7.66. The minimum Gasteiger partial charge on any atom is -0.476 e. The molecule has 1 saturated carbocycles. The van der Waals surface area contributed by atoms with Crippen molar-refractivity contribution < 1.29 is 9.53 Å². The lowest BCUT2D eigenvalue weighted by atomic mass is 10.0. The van der Waals surface area contributed by atoms with Gasteiger partial charge in [0.25, 0.3) is 5.91 Å². The Hall–Kier alpha value is -3.02. The Morgan fingerprint density at radius 3 is 2.53 bits per heavy atom. The molecule has 2 N–H and O–H groups in total. The van der Waals surface area contributed by atoms with Crippen molar-refractivity contribution in [2.24, 2.45) is 5.73 Å². The highest BCUT2D eigenvalue weighted by atomic mass is 32.1. The second-order valence-corrected chi connectivity index (χ2v) is 8.77. The molecular formula is C22H23N5O2S. The summed E-state index contributed by atoms with van der Waals surface area (Å²) in [5, 5.41) is 0.370. The maximum absolute atomic E-state index is 13.3. The zero-order chi connectivity index (χ0) is 21.7. The first kappa shape index (κ1) is 20.3. The molecule has 0 unspecified atom stereocenters. The van der Waals surface area contributed by atoms with Crippen LogP contribution >= 0.6 is 12.2 Å². The van der Waals surface area contributed by atoms with Crippen molar-refractivity contribution in [2.45, 2.75) is 44.7 Å². The molecule has 2 heterocycles. The number of hydrogen-bond donors (Lipinski definition) is 1. The summed E-state index contributed by atoms with van der Waals surface area (Å²) >= 11 is 5.69. The molecule has 154 valence electrons. The normalized spacial score (nSPS) is 19.0. The van der Waals surface area contributed by atoms with E-state index in [1.54, 1.807) is 29.3 Å². The first-order chi connectivity index (χ1) is 14.2. The van der Waals surface area contributed by atoms with Crippen molar-refractivity contribution in [3.05, 3.63) is 53.5 Å². The van der Waals surface area contributed by atoms with Crippen LogP contribution in [0.25, 0.3) is 4.85 Å². The van der Waals surface area contributed by atoms with Gasteiger partial charge in [0.05, 0.1) is 24.0 Å². The van der Waals surface area contributed by atoms with Crippen LogP contribution in [0, 0.1) is 13.5 Å². The molecule has 1 aliphatic carbocycles. The molecule has 4 rings (SSSR count). The maximum Gasteiger partial charge on any atom is 0.259 e. The van der Waals surface area contributed by atoms with Crippen molar-refractivity contribution in [1.29, 1.82) is 0 Å². The predicted molar refractivity (Wildman–Crippen MR) is 120 cm³/mol. The van der Waals surface area contributed by atoms with Gasteiger partial charge < -0.3 is 15.4 Å². The third-order valence-electron chi connectivity index (χ3n) is 5.61. The molecule has 7 nitrogen and oxygen atoms in total. The topological polar surface area (TPSA) is 76.0 Å². The molecule has 1 aliphatic heterocycles. The van der Waals surface area contributed by atoms with Crippen LogP contribution in [0.15, 0.2) is 36.5 Å². The number of aryl methyl sites for hydroxylation is 1. The van der Waals surface area contributed by atoms with Crippen LogP contribution in [-0.4, -0.2) is 33.7 Å². The van der Waals surface area contributed by atoms with Gasteiger partial charge in [0.15, 0.2) is 10.8 Å². The van der Waals surface area contributed by atoms with Gasteiger partial charge in [-0.15, -0.1) is 0 Å². The van der Waals surface area contributed by atoms with Crippen LogP contribution in [0.3, 0.4) is 0 Å². The Morgan fingerprint density at radius 1 is 1.27 bits per heavy atom. The summed E-state index contributed by atoms with van der Waals surface area (Å²) in [4.78, 5) is 24.4. The number of carbonyl (C=O) groups is 1. The molecule has 0 bridgehead atoms. The zero-order valence-corrected chi connectivity index (χ0v) is 18.0. The number of ether oxygens (including phenoxy) is 1. The summed E-state index contributed by atoms with van der Waals surface area (Å²) in [6, 6.07) is 8.88. The van der Waals surface area contributed by atoms with Crippen LogP contribution in [0.5, 0.6) is 5.88 Å². The molecule has 2 fully saturated rings. The molecular weight excluding hydrogens is 398 g/mol. The number of aromatic nitrogens is 1. The van der Waals surface area contributed by atoms with Gasteiger partial charge in [-0.1, -0.05) is 6.07 Å². The molecule has 2 aliphatic rings. The number of rotatable bonds is 5. The number of thiocarbonyl (C=S) groups is 1. The van der Waals surface area contributed by atoms with Gasteiger partial charge in [0, 0.05) is 11.8 Å². The molecule has 30 heavy (non-hydrogen) atoms. The van der Waals surface area contributed by atoms with Crippen molar-refractivity contribution in [3.8, 4) is 5.88 Å². The first-order valence-corrected chi connectivity index (χ1v) is 10.1. The number of pyridine rings is 1. The van der Waals surface area contributed by atoms with E-state index in [1.807, 2.05) is 32.9 Å². The maximum atomic E-state index is 13.3. The van der Waals surface area contributed by atoms with Crippen molar-refractivity contribution >= 4 is 40.3 Å². The van der Waals surface area contributed by atoms with E-state index in [1.165, 1.54) is 4.90 Å². The lowest BCUT2D eigenvalue weighted by Crippen LogP contribution is -2.44. The molecule has 1 aromatic heterocycles. The van der Waals surface area contributed by atoms with Crippen LogP contribution in [0.2, 0.25) is 0 Å². The van der Waals surface area contributed by atoms with Crippen LogP contribution in [0.4, 0.5) is 17.1 Å². The fraction of sp³-hybridized carbons (Fsp3) is 0.364. The molecule has 2 aromatic rings. The quantitative estimate of drug-likeness (QED) is 0.586. The minimum atomic E-state index is -0.886. The minimum absolute atomic E-state index is 0.137. The number of benzene rings is 1. The van der Waals surface area contributed by atoms with Gasteiger partial charge in [-0.2, -0.15) is 0 Å². The largest absolute Gasteiger partial charge is 0.476 e. The molecule has 8 heteroatoms. The zero-order valence-electron chi connectivity index (χ0n) is 17.2. The molecule has 0 atom stereocenters. The van der Waals surface area contributed by atoms with Gasteiger partial charge in [-0.3, -0.25) is 9.69 Å². The predicted octanol–water partition coefficient (Wildman–Crippen LogP) is 3.73. The second-order valence-electron chi connectivity index (χ2n) is 8.41. The standard InChI is InChI=1S/C22H23N5O2S/c1-14-11-15(5-7-17(14)24-4)26-19(28)21(2,3)27(20(26)30)16-6-8-18(25-12-16)29-13-22(23)9-10-22/h5-8,11-12H,9-10,13,23H2,1-3H3. The van der Waals surface area contributed by atoms with E-state index in [0.717, 1.165) is 18.4 Å². The summed E-state index contributed by atoms with van der Waals surface area (Å²) in [7, 11) is 0. The third kappa shape index (κ3) is 3.40. The number of nitrogens with zero attached hydrogens (tertiary/aromatic N) is 4. The Labute approximate surface area is 181 Å². The van der Waals surface area contributed by atoms with E-state index >= 15 is 0 Å². The highest BCUT2D eigenvalue weighted by Gasteiger charge is 2.50. The van der Waals surface area contributed by atoms with Gasteiger partial charge in [-0.25, -0.2) is 9.83 Å². The summed E-state index contributed by atoms with van der Waals surface area (Å²) in [6.07, 6.45) is 3.59. The number of hydrogen-bond acceptors (Lipinski definition) is 5. The third-order valence-corrected chi connectivity index (χ3v) is 5.97. The van der Waals surface area contributed by atoms with Gasteiger partial charge >= 0.3 is 0 Å². The van der Waals surface area contributed by atoms with Crippen molar-refractivity contribution in [1.82, 2.24) is 4.98 Å². The lowest BCUT2D eigenvalue weighted by Gasteiger charge is -2.29. The Bertz CT molecular complexity index is 1070. The SMILES string of the molecule is [C-]#[N+]c1ccc(N2C(=O)C(C)(C)N(c3ccc(OCC4(N)CC4)nc3)C2=S)cc1C. The highest BCUT2D eigenvalue weighted by molar-refractivity contribution is 7.81. The first-order valence-electron chi connectivity index (χ1n) is 9.71. The summed E-state index contributed by atoms with van der Waals surface area (Å²) in [6.45, 7) is 13.2. The fourth-order valence-electron chi connectivity index (χ4n) is 3.47. The molecule has 1 amide bonds. The van der Waals surface area contributed by atoms with E-state index < -0.39 is 5.54 Å².